The minimum absolute atomic E-state index is 0.0664. The van der Waals surface area contributed by atoms with Gasteiger partial charge in [0.1, 0.15) is 34.1 Å². The molecule has 3 heterocycles. The number of thioether (sulfide) groups is 1. The predicted molar refractivity (Wildman–Crippen MR) is 128 cm³/mol. The lowest BCUT2D eigenvalue weighted by Gasteiger charge is -2.09. The molecular weight excluding hydrogens is 473 g/mol. The molecule has 0 bridgehead atoms. The Morgan fingerprint density at radius 1 is 1.14 bits per heavy atom. The molecule has 0 saturated heterocycles. The number of amides is 1. The lowest BCUT2D eigenvalue weighted by atomic mass is 10.2. The van der Waals surface area contributed by atoms with Crippen LogP contribution in [0.25, 0.3) is 27.8 Å². The Morgan fingerprint density at radius 2 is 1.94 bits per heavy atom. The molecule has 1 N–H and O–H groups in total. The summed E-state index contributed by atoms with van der Waals surface area (Å²) < 4.78 is 25.7. The minimum Gasteiger partial charge on any atom is -0.455 e. The van der Waals surface area contributed by atoms with E-state index in [9.17, 15) is 14.0 Å². The number of halogens is 1. The SMILES string of the molecule is Cc1cc(NC(=O)COC(=O)CSc2ncnc3c2oc2ccccc23)n(-c2ccc(F)cc2)n1. The van der Waals surface area contributed by atoms with Crippen molar-refractivity contribution in [2.45, 2.75) is 11.9 Å². The number of para-hydroxylation sites is 1. The number of rotatable bonds is 7. The van der Waals surface area contributed by atoms with Crippen LogP contribution in [0.15, 0.2) is 70.4 Å². The van der Waals surface area contributed by atoms with Crippen molar-refractivity contribution in [1.82, 2.24) is 19.7 Å². The van der Waals surface area contributed by atoms with Crippen molar-refractivity contribution in [3.63, 3.8) is 0 Å². The summed E-state index contributed by atoms with van der Waals surface area (Å²) in [4.78, 5) is 33.1. The van der Waals surface area contributed by atoms with Gasteiger partial charge in [0.05, 0.1) is 17.1 Å². The molecule has 3 aromatic heterocycles. The van der Waals surface area contributed by atoms with Gasteiger partial charge in [-0.25, -0.2) is 19.0 Å². The first-order chi connectivity index (χ1) is 17.0. The number of aromatic nitrogens is 4. The van der Waals surface area contributed by atoms with E-state index in [4.69, 9.17) is 9.15 Å². The molecule has 0 atom stereocenters. The van der Waals surface area contributed by atoms with Gasteiger partial charge in [-0.1, -0.05) is 23.9 Å². The van der Waals surface area contributed by atoms with Crippen molar-refractivity contribution in [2.24, 2.45) is 0 Å². The van der Waals surface area contributed by atoms with Crippen molar-refractivity contribution in [3.8, 4) is 5.69 Å². The Labute approximate surface area is 202 Å². The number of hydrogen-bond donors (Lipinski definition) is 1. The van der Waals surface area contributed by atoms with E-state index in [1.54, 1.807) is 25.1 Å². The van der Waals surface area contributed by atoms with Crippen LogP contribution in [0.3, 0.4) is 0 Å². The first-order valence-corrected chi connectivity index (χ1v) is 11.5. The van der Waals surface area contributed by atoms with Crippen molar-refractivity contribution < 1.29 is 23.1 Å². The van der Waals surface area contributed by atoms with Crippen LogP contribution in [-0.4, -0.2) is 44.0 Å². The largest absolute Gasteiger partial charge is 0.455 e. The lowest BCUT2D eigenvalue weighted by molar-refractivity contribution is -0.144. The van der Waals surface area contributed by atoms with Crippen LogP contribution in [0, 0.1) is 12.7 Å². The summed E-state index contributed by atoms with van der Waals surface area (Å²) in [5.41, 5.74) is 3.07. The van der Waals surface area contributed by atoms with E-state index in [0.717, 1.165) is 17.1 Å². The molecule has 0 aliphatic carbocycles. The lowest BCUT2D eigenvalue weighted by Crippen LogP contribution is -2.23. The summed E-state index contributed by atoms with van der Waals surface area (Å²) in [6.45, 7) is 1.29. The second-order valence-corrected chi connectivity index (χ2v) is 8.48. The molecule has 0 spiro atoms. The van der Waals surface area contributed by atoms with Crippen molar-refractivity contribution in [1.29, 1.82) is 0 Å². The molecule has 0 radical (unpaired) electrons. The van der Waals surface area contributed by atoms with Crippen LogP contribution in [0.5, 0.6) is 0 Å². The zero-order valence-corrected chi connectivity index (χ0v) is 19.2. The van der Waals surface area contributed by atoms with E-state index in [2.05, 4.69) is 20.4 Å². The highest BCUT2D eigenvalue weighted by Crippen LogP contribution is 2.32. The molecule has 5 aromatic rings. The average Bonchev–Trinajstić information content (AvgIpc) is 3.42. The Kier molecular flexibility index (Phi) is 6.15. The third-order valence-electron chi connectivity index (χ3n) is 4.99. The van der Waals surface area contributed by atoms with Gasteiger partial charge in [0.25, 0.3) is 5.91 Å². The smallest absolute Gasteiger partial charge is 0.316 e. The van der Waals surface area contributed by atoms with Gasteiger partial charge in [-0.05, 0) is 43.3 Å². The number of aryl methyl sites for hydroxylation is 1. The highest BCUT2D eigenvalue weighted by Gasteiger charge is 2.16. The number of esters is 1. The number of carbonyl (C=O) groups is 2. The van der Waals surface area contributed by atoms with E-state index in [1.165, 1.54) is 23.1 Å². The average molecular weight is 492 g/mol. The maximum absolute atomic E-state index is 13.2. The third kappa shape index (κ3) is 4.85. The fourth-order valence-electron chi connectivity index (χ4n) is 3.47. The minimum atomic E-state index is -0.587. The summed E-state index contributed by atoms with van der Waals surface area (Å²) in [6, 6.07) is 14.8. The molecule has 0 unspecified atom stereocenters. The van der Waals surface area contributed by atoms with Gasteiger partial charge < -0.3 is 14.5 Å². The van der Waals surface area contributed by atoms with Crippen molar-refractivity contribution in [2.75, 3.05) is 17.7 Å². The normalized spacial score (nSPS) is 11.1. The molecule has 0 aliphatic rings. The molecule has 9 nitrogen and oxygen atoms in total. The van der Waals surface area contributed by atoms with E-state index >= 15 is 0 Å². The molecule has 2 aromatic carbocycles. The maximum atomic E-state index is 13.2. The Morgan fingerprint density at radius 3 is 2.77 bits per heavy atom. The van der Waals surface area contributed by atoms with Gasteiger partial charge in [-0.15, -0.1) is 0 Å². The quantitative estimate of drug-likeness (QED) is 0.204. The van der Waals surface area contributed by atoms with E-state index < -0.39 is 18.5 Å². The van der Waals surface area contributed by atoms with Gasteiger partial charge in [0, 0.05) is 11.5 Å². The number of hydrogen-bond acceptors (Lipinski definition) is 8. The maximum Gasteiger partial charge on any atom is 0.316 e. The molecule has 11 heteroatoms. The van der Waals surface area contributed by atoms with Gasteiger partial charge in [0.2, 0.25) is 0 Å². The summed E-state index contributed by atoms with van der Waals surface area (Å²) >= 11 is 1.14. The summed E-state index contributed by atoms with van der Waals surface area (Å²) in [6.07, 6.45) is 1.41. The monoisotopic (exact) mass is 491 g/mol. The van der Waals surface area contributed by atoms with E-state index in [1.807, 2.05) is 24.3 Å². The number of benzene rings is 2. The van der Waals surface area contributed by atoms with Crippen molar-refractivity contribution >= 4 is 51.5 Å². The van der Waals surface area contributed by atoms with Crippen LogP contribution in [-0.2, 0) is 14.3 Å². The summed E-state index contributed by atoms with van der Waals surface area (Å²) in [5.74, 6) is -1.19. The molecule has 0 fully saturated rings. The number of furan rings is 1. The number of carbonyl (C=O) groups excluding carboxylic acids is 2. The van der Waals surface area contributed by atoms with Crippen LogP contribution in [0.2, 0.25) is 0 Å². The molecule has 5 rings (SSSR count). The number of ether oxygens (including phenoxy) is 1. The highest BCUT2D eigenvalue weighted by molar-refractivity contribution is 8.00. The first kappa shape index (κ1) is 22.5. The first-order valence-electron chi connectivity index (χ1n) is 10.5. The fourth-order valence-corrected chi connectivity index (χ4v) is 4.20. The van der Waals surface area contributed by atoms with Crippen LogP contribution in [0.1, 0.15) is 5.69 Å². The van der Waals surface area contributed by atoms with Gasteiger partial charge in [-0.3, -0.25) is 9.59 Å². The van der Waals surface area contributed by atoms with E-state index in [0.29, 0.717) is 38.9 Å². The molecule has 35 heavy (non-hydrogen) atoms. The van der Waals surface area contributed by atoms with Crippen LogP contribution >= 0.6 is 11.8 Å². The van der Waals surface area contributed by atoms with Crippen molar-refractivity contribution in [3.05, 3.63) is 72.4 Å². The fraction of sp³-hybridized carbons (Fsp3) is 0.125. The van der Waals surface area contributed by atoms with Gasteiger partial charge in [0.15, 0.2) is 12.2 Å². The van der Waals surface area contributed by atoms with E-state index in [-0.39, 0.29) is 11.6 Å². The van der Waals surface area contributed by atoms with Crippen LogP contribution < -0.4 is 5.32 Å². The predicted octanol–water partition coefficient (Wildman–Crippen LogP) is 4.28. The van der Waals surface area contributed by atoms with Gasteiger partial charge >= 0.3 is 5.97 Å². The number of fused-ring (bicyclic) bond motifs is 3. The zero-order chi connectivity index (χ0) is 24.4. The summed E-state index contributed by atoms with van der Waals surface area (Å²) in [5, 5.41) is 8.34. The van der Waals surface area contributed by atoms with Gasteiger partial charge in [-0.2, -0.15) is 5.10 Å². The molecule has 176 valence electrons. The Balaban J connectivity index is 1.19. The zero-order valence-electron chi connectivity index (χ0n) is 18.4. The topological polar surface area (TPSA) is 112 Å². The summed E-state index contributed by atoms with van der Waals surface area (Å²) in [7, 11) is 0. The standard InChI is InChI=1S/C24H18FN5O4S/c1-14-10-19(30(29-14)16-8-6-15(25)7-9-16)28-20(31)11-33-21(32)12-35-24-23-22(26-13-27-24)17-4-2-3-5-18(17)34-23/h2-10,13H,11-12H2,1H3,(H,28,31). The second-order valence-electron chi connectivity index (χ2n) is 7.51. The van der Waals surface area contributed by atoms with Crippen LogP contribution in [0.4, 0.5) is 10.2 Å². The Bertz CT molecular complexity index is 1550. The number of anilines is 1. The number of nitrogens with one attached hydrogen (secondary N) is 1. The molecule has 0 aliphatic heterocycles. The number of nitrogens with zero attached hydrogens (tertiary/aromatic N) is 4. The Hall–Kier alpha value is -4.25. The molecule has 0 saturated carbocycles. The molecular formula is C24H18FN5O4S. The highest BCUT2D eigenvalue weighted by atomic mass is 32.2. The molecule has 1 amide bonds. The third-order valence-corrected chi connectivity index (χ3v) is 5.93. The second kappa shape index (κ2) is 9.55.